The van der Waals surface area contributed by atoms with Crippen molar-refractivity contribution in [1.29, 1.82) is 0 Å². The van der Waals surface area contributed by atoms with Gasteiger partial charge in [0.15, 0.2) is 0 Å². The topological polar surface area (TPSA) is 55.2 Å². The van der Waals surface area contributed by atoms with Gasteiger partial charge in [-0.15, -0.1) is 11.3 Å². The van der Waals surface area contributed by atoms with Crippen LogP contribution in [0.4, 0.5) is 0 Å². The molecule has 0 saturated carbocycles. The van der Waals surface area contributed by atoms with Crippen molar-refractivity contribution >= 4 is 17.2 Å². The van der Waals surface area contributed by atoms with Crippen LogP contribution in [0.25, 0.3) is 0 Å². The summed E-state index contributed by atoms with van der Waals surface area (Å²) in [5.74, 6) is 0.482. The lowest BCUT2D eigenvalue weighted by molar-refractivity contribution is -0.132. The number of thiazole rings is 1. The number of rotatable bonds is 5. The van der Waals surface area contributed by atoms with Gasteiger partial charge >= 0.3 is 0 Å². The van der Waals surface area contributed by atoms with Crippen LogP contribution in [0.15, 0.2) is 34.6 Å². The molecule has 1 aliphatic heterocycles. The van der Waals surface area contributed by atoms with Crippen LogP contribution in [0.1, 0.15) is 42.8 Å². The van der Waals surface area contributed by atoms with Gasteiger partial charge in [-0.05, 0) is 25.3 Å². The number of likely N-dealkylation sites (tertiary alicyclic amines) is 1. The quantitative estimate of drug-likeness (QED) is 0.837. The van der Waals surface area contributed by atoms with E-state index in [-0.39, 0.29) is 11.5 Å². The monoisotopic (exact) mass is 345 g/mol. The molecule has 5 nitrogen and oxygen atoms in total. The Morgan fingerprint density at radius 3 is 3.04 bits per heavy atom. The lowest BCUT2D eigenvalue weighted by Crippen LogP contribution is -2.39. The fourth-order valence-corrected chi connectivity index (χ4v) is 4.13. The minimum Gasteiger partial charge on any atom is -0.342 e. The number of hydrogen-bond acceptors (Lipinski definition) is 4. The molecule has 0 spiro atoms. The number of aryl methyl sites for hydroxylation is 2. The summed E-state index contributed by atoms with van der Waals surface area (Å²) in [6.45, 7) is 4.11. The maximum Gasteiger partial charge on any atom is 0.250 e. The third-order valence-corrected chi connectivity index (χ3v) is 5.58. The predicted molar refractivity (Wildman–Crippen MR) is 95.4 cm³/mol. The highest BCUT2D eigenvalue weighted by molar-refractivity contribution is 7.09. The maximum absolute atomic E-state index is 12.5. The molecule has 2 aromatic heterocycles. The van der Waals surface area contributed by atoms with Gasteiger partial charge in [0.1, 0.15) is 0 Å². The molecule has 3 heterocycles. The minimum absolute atomic E-state index is 0.0586. The zero-order valence-corrected chi connectivity index (χ0v) is 14.8. The summed E-state index contributed by atoms with van der Waals surface area (Å²) in [6, 6.07) is 5.06. The number of piperidine rings is 1. The number of nitrogens with zero attached hydrogens (tertiary/aromatic N) is 3. The van der Waals surface area contributed by atoms with E-state index >= 15 is 0 Å². The predicted octanol–water partition coefficient (Wildman–Crippen LogP) is 2.66. The Bertz CT molecular complexity index is 752. The molecule has 1 saturated heterocycles. The fourth-order valence-electron chi connectivity index (χ4n) is 3.10. The highest BCUT2D eigenvalue weighted by Crippen LogP contribution is 2.29. The molecular formula is C18H23N3O2S. The molecule has 0 aliphatic carbocycles. The highest BCUT2D eigenvalue weighted by Gasteiger charge is 2.26. The van der Waals surface area contributed by atoms with Gasteiger partial charge in [-0.2, -0.15) is 0 Å². The molecule has 1 unspecified atom stereocenters. The van der Waals surface area contributed by atoms with E-state index in [4.69, 9.17) is 0 Å². The Hall–Kier alpha value is -1.95. The van der Waals surface area contributed by atoms with E-state index in [1.165, 1.54) is 6.07 Å². The summed E-state index contributed by atoms with van der Waals surface area (Å²) in [7, 11) is 0. The molecule has 0 aromatic carbocycles. The Kier molecular flexibility index (Phi) is 5.45. The lowest BCUT2D eigenvalue weighted by Gasteiger charge is -2.32. The van der Waals surface area contributed by atoms with E-state index in [1.807, 2.05) is 11.0 Å². The third-order valence-electron chi connectivity index (χ3n) is 4.52. The second-order valence-electron chi connectivity index (χ2n) is 6.19. The number of amides is 1. The molecule has 6 heteroatoms. The fraction of sp³-hybridized carbons (Fsp3) is 0.500. The standard InChI is InChI=1S/C18H23N3O2S/c1-2-15-13-24-18(19-15)14-6-5-10-21(12-14)17(23)8-11-20-9-4-3-7-16(20)22/h3-4,7,9,13-14H,2,5-6,8,10-12H2,1H3. The van der Waals surface area contributed by atoms with Gasteiger partial charge in [-0.25, -0.2) is 4.98 Å². The Morgan fingerprint density at radius 1 is 1.42 bits per heavy atom. The van der Waals surface area contributed by atoms with E-state index in [0.29, 0.717) is 18.9 Å². The average Bonchev–Trinajstić information content (AvgIpc) is 3.10. The number of carbonyl (C=O) groups is 1. The maximum atomic E-state index is 12.5. The van der Waals surface area contributed by atoms with Gasteiger partial charge in [0.05, 0.1) is 10.7 Å². The van der Waals surface area contributed by atoms with E-state index in [2.05, 4.69) is 17.3 Å². The van der Waals surface area contributed by atoms with E-state index in [0.717, 1.165) is 43.1 Å². The molecule has 3 rings (SSSR count). The SMILES string of the molecule is CCc1csc(C2CCCN(C(=O)CCn3ccccc3=O)C2)n1. The molecule has 24 heavy (non-hydrogen) atoms. The van der Waals surface area contributed by atoms with Crippen LogP contribution in [0.5, 0.6) is 0 Å². The Balaban J connectivity index is 1.58. The van der Waals surface area contributed by atoms with Crippen molar-refractivity contribution in [3.8, 4) is 0 Å². The first-order chi connectivity index (χ1) is 11.7. The summed E-state index contributed by atoms with van der Waals surface area (Å²) in [5.41, 5.74) is 1.08. The van der Waals surface area contributed by atoms with Crippen molar-refractivity contribution in [3.63, 3.8) is 0 Å². The summed E-state index contributed by atoms with van der Waals surface area (Å²) in [5, 5.41) is 3.28. The molecular weight excluding hydrogens is 322 g/mol. The van der Waals surface area contributed by atoms with Crippen molar-refractivity contribution < 1.29 is 4.79 Å². The van der Waals surface area contributed by atoms with Crippen molar-refractivity contribution in [2.75, 3.05) is 13.1 Å². The zero-order chi connectivity index (χ0) is 16.9. The summed E-state index contributed by atoms with van der Waals surface area (Å²) in [4.78, 5) is 30.8. The number of hydrogen-bond donors (Lipinski definition) is 0. The largest absolute Gasteiger partial charge is 0.342 e. The average molecular weight is 345 g/mol. The molecule has 128 valence electrons. The Morgan fingerprint density at radius 2 is 2.29 bits per heavy atom. The summed E-state index contributed by atoms with van der Waals surface area (Å²) in [6.07, 6.45) is 5.17. The molecule has 0 radical (unpaired) electrons. The second-order valence-corrected chi connectivity index (χ2v) is 7.08. The van der Waals surface area contributed by atoms with Gasteiger partial charge < -0.3 is 9.47 Å². The van der Waals surface area contributed by atoms with E-state index in [1.54, 1.807) is 28.2 Å². The smallest absolute Gasteiger partial charge is 0.250 e. The van der Waals surface area contributed by atoms with Crippen LogP contribution in [0.2, 0.25) is 0 Å². The van der Waals surface area contributed by atoms with Gasteiger partial charge in [0, 0.05) is 49.6 Å². The molecule has 2 aromatic rings. The summed E-state index contributed by atoms with van der Waals surface area (Å²) >= 11 is 1.71. The van der Waals surface area contributed by atoms with Gasteiger partial charge in [-0.1, -0.05) is 13.0 Å². The first-order valence-corrected chi connectivity index (χ1v) is 9.43. The summed E-state index contributed by atoms with van der Waals surface area (Å²) < 4.78 is 1.59. The molecule has 1 amide bonds. The van der Waals surface area contributed by atoms with Crippen molar-refractivity contribution in [2.45, 2.75) is 45.1 Å². The lowest BCUT2D eigenvalue weighted by atomic mass is 9.98. The highest BCUT2D eigenvalue weighted by atomic mass is 32.1. The van der Waals surface area contributed by atoms with Gasteiger partial charge in [0.25, 0.3) is 5.56 Å². The van der Waals surface area contributed by atoms with Crippen molar-refractivity contribution in [2.24, 2.45) is 0 Å². The van der Waals surface area contributed by atoms with Gasteiger partial charge in [0.2, 0.25) is 5.91 Å². The van der Waals surface area contributed by atoms with E-state index in [9.17, 15) is 9.59 Å². The van der Waals surface area contributed by atoms with Gasteiger partial charge in [-0.3, -0.25) is 9.59 Å². The molecule has 1 atom stereocenters. The van der Waals surface area contributed by atoms with Crippen LogP contribution >= 0.6 is 11.3 Å². The normalized spacial score (nSPS) is 17.9. The van der Waals surface area contributed by atoms with Crippen LogP contribution in [0, 0.1) is 0 Å². The third kappa shape index (κ3) is 3.93. The molecule has 0 N–H and O–H groups in total. The van der Waals surface area contributed by atoms with Crippen LogP contribution in [0.3, 0.4) is 0 Å². The number of pyridine rings is 1. The molecule has 1 fully saturated rings. The molecule has 1 aliphatic rings. The first-order valence-electron chi connectivity index (χ1n) is 8.55. The zero-order valence-electron chi connectivity index (χ0n) is 14.0. The second kappa shape index (κ2) is 7.75. The first kappa shape index (κ1) is 16.9. The minimum atomic E-state index is -0.0586. The van der Waals surface area contributed by atoms with Crippen molar-refractivity contribution in [3.05, 3.63) is 50.8 Å². The number of aromatic nitrogens is 2. The van der Waals surface area contributed by atoms with Crippen LogP contribution in [-0.2, 0) is 17.8 Å². The number of carbonyl (C=O) groups excluding carboxylic acids is 1. The van der Waals surface area contributed by atoms with Crippen molar-refractivity contribution in [1.82, 2.24) is 14.5 Å². The van der Waals surface area contributed by atoms with E-state index < -0.39 is 0 Å². The Labute approximate surface area is 146 Å². The van der Waals surface area contributed by atoms with Crippen LogP contribution in [-0.4, -0.2) is 33.4 Å². The molecule has 0 bridgehead atoms. The van der Waals surface area contributed by atoms with Crippen LogP contribution < -0.4 is 5.56 Å².